The summed E-state index contributed by atoms with van der Waals surface area (Å²) in [4.78, 5) is 9.45. The van der Waals surface area contributed by atoms with E-state index in [2.05, 4.69) is 10.3 Å². The molecule has 1 N–H and O–H groups in total. The molecule has 0 aliphatic carbocycles. The molecule has 0 unspecified atom stereocenters. The van der Waals surface area contributed by atoms with Crippen LogP contribution >= 0.6 is 0 Å². The fourth-order valence-corrected chi connectivity index (χ4v) is 7.28. The second-order valence-electron chi connectivity index (χ2n) is 14.2. The van der Waals surface area contributed by atoms with Crippen molar-refractivity contribution in [3.05, 3.63) is 197 Å². The van der Waals surface area contributed by atoms with Crippen LogP contribution in [0, 0.1) is 5.82 Å². The molecule has 0 aromatic heterocycles. The lowest BCUT2D eigenvalue weighted by atomic mass is 9.76. The highest BCUT2D eigenvalue weighted by molar-refractivity contribution is 6.13. The van der Waals surface area contributed by atoms with Crippen molar-refractivity contribution in [2.45, 2.75) is 43.4 Å². The Balaban J connectivity index is 1.39. The van der Waals surface area contributed by atoms with Gasteiger partial charge in [0, 0.05) is 16.7 Å². The van der Waals surface area contributed by atoms with Crippen molar-refractivity contribution in [1.29, 1.82) is 0 Å². The highest BCUT2D eigenvalue weighted by Crippen LogP contribution is 2.53. The standard InChI is InChI=1S/C47H42F3N3O3/c1-44(2)47(49,50)45(3,40-31-37(25-30-41(40)48)51-42(32-15-9-6-10-16-32)33-17-11-7-12-18-33)56-43(52-44)53-46(34-19-13-8-14-20-34,35-21-26-38(54-4)27-22-35)36-23-28-39(55-5)29-24-36/h6-31H,1-5H3,(H,52,53)/t45-/m1/s1. The van der Waals surface area contributed by atoms with Gasteiger partial charge in [-0.2, -0.15) is 8.78 Å². The average molecular weight is 754 g/mol. The first-order chi connectivity index (χ1) is 26.9. The Kier molecular flexibility index (Phi) is 10.2. The van der Waals surface area contributed by atoms with Gasteiger partial charge in [0.15, 0.2) is 0 Å². The van der Waals surface area contributed by atoms with Gasteiger partial charge >= 0.3 is 5.92 Å². The monoisotopic (exact) mass is 753 g/mol. The molecular formula is C47H42F3N3O3. The maximum absolute atomic E-state index is 17.1. The van der Waals surface area contributed by atoms with Crippen molar-refractivity contribution in [2.75, 3.05) is 14.2 Å². The van der Waals surface area contributed by atoms with E-state index in [1.165, 1.54) is 32.9 Å². The van der Waals surface area contributed by atoms with E-state index in [1.807, 2.05) is 140 Å². The van der Waals surface area contributed by atoms with Crippen molar-refractivity contribution in [3.8, 4) is 11.5 Å². The molecule has 0 radical (unpaired) electrons. The topological polar surface area (TPSA) is 64.4 Å². The van der Waals surface area contributed by atoms with Crippen LogP contribution in [-0.4, -0.2) is 37.4 Å². The first kappa shape index (κ1) is 37.9. The van der Waals surface area contributed by atoms with Gasteiger partial charge in [-0.25, -0.2) is 14.4 Å². The lowest BCUT2D eigenvalue weighted by molar-refractivity contribution is -0.217. The molecule has 56 heavy (non-hydrogen) atoms. The Morgan fingerprint density at radius 1 is 0.643 bits per heavy atom. The molecule has 7 rings (SSSR count). The van der Waals surface area contributed by atoms with E-state index in [0.29, 0.717) is 17.2 Å². The number of alkyl halides is 2. The molecule has 1 aliphatic rings. The number of benzene rings is 6. The zero-order valence-electron chi connectivity index (χ0n) is 31.8. The minimum atomic E-state index is -3.72. The number of nitrogens with zero attached hydrogens (tertiary/aromatic N) is 2. The lowest BCUT2D eigenvalue weighted by Crippen LogP contribution is -2.64. The summed E-state index contributed by atoms with van der Waals surface area (Å²) in [6, 6.07) is 47.2. The molecule has 6 aromatic rings. The third-order valence-electron chi connectivity index (χ3n) is 10.4. The SMILES string of the molecule is COc1ccc(C(NC2=NC(C)(C)C(F)(F)[C@@](C)(c3cc(N=C(c4ccccc4)c4ccccc4)ccc3F)O2)(c2ccccc2)c2ccc(OC)cc2)cc1. The minimum Gasteiger partial charge on any atom is -0.497 e. The number of halogens is 3. The van der Waals surface area contributed by atoms with Gasteiger partial charge in [0.05, 0.1) is 25.6 Å². The third-order valence-corrected chi connectivity index (χ3v) is 10.4. The Morgan fingerprint density at radius 2 is 1.11 bits per heavy atom. The molecule has 6 nitrogen and oxygen atoms in total. The number of hydrogen-bond donors (Lipinski definition) is 1. The van der Waals surface area contributed by atoms with Crippen LogP contribution in [0.5, 0.6) is 11.5 Å². The van der Waals surface area contributed by atoms with E-state index in [-0.39, 0.29) is 17.3 Å². The summed E-state index contributed by atoms with van der Waals surface area (Å²) in [5.41, 5.74) is -1.55. The molecule has 0 bridgehead atoms. The van der Waals surface area contributed by atoms with E-state index >= 15 is 13.2 Å². The number of hydrogen-bond acceptors (Lipinski definition) is 6. The van der Waals surface area contributed by atoms with Gasteiger partial charge < -0.3 is 19.5 Å². The fraction of sp³-hybridized carbons (Fsp3) is 0.191. The summed E-state index contributed by atoms with van der Waals surface area (Å²) in [5, 5.41) is 3.48. The van der Waals surface area contributed by atoms with Gasteiger partial charge in [-0.3, -0.25) is 0 Å². The second-order valence-corrected chi connectivity index (χ2v) is 14.2. The van der Waals surface area contributed by atoms with Crippen molar-refractivity contribution >= 4 is 17.4 Å². The summed E-state index contributed by atoms with van der Waals surface area (Å²) in [5.74, 6) is -3.33. The lowest BCUT2D eigenvalue weighted by Gasteiger charge is -2.49. The largest absolute Gasteiger partial charge is 0.497 e. The fourth-order valence-electron chi connectivity index (χ4n) is 7.28. The number of aliphatic imine (C=N–C) groups is 2. The van der Waals surface area contributed by atoms with E-state index < -0.39 is 28.4 Å². The van der Waals surface area contributed by atoms with Crippen LogP contribution in [0.4, 0.5) is 18.9 Å². The van der Waals surface area contributed by atoms with Crippen LogP contribution in [-0.2, 0) is 15.9 Å². The van der Waals surface area contributed by atoms with Gasteiger partial charge in [0.25, 0.3) is 6.02 Å². The summed E-state index contributed by atoms with van der Waals surface area (Å²) in [7, 11) is 3.16. The molecule has 1 atom stereocenters. The molecule has 0 spiro atoms. The third kappa shape index (κ3) is 6.78. The molecule has 1 heterocycles. The summed E-state index contributed by atoms with van der Waals surface area (Å²) in [6.07, 6.45) is 0. The van der Waals surface area contributed by atoms with E-state index in [0.717, 1.165) is 33.9 Å². The Hall–Kier alpha value is -6.35. The van der Waals surface area contributed by atoms with Crippen LogP contribution in [0.3, 0.4) is 0 Å². The second kappa shape index (κ2) is 15.1. The van der Waals surface area contributed by atoms with Crippen LogP contribution in [0.25, 0.3) is 0 Å². The molecule has 0 saturated heterocycles. The Labute approximate surface area is 325 Å². The van der Waals surface area contributed by atoms with Gasteiger partial charge in [-0.05, 0) is 79.9 Å². The summed E-state index contributed by atoms with van der Waals surface area (Å²) in [6.45, 7) is 3.85. The molecule has 6 aromatic carbocycles. The maximum Gasteiger partial charge on any atom is 0.315 e. The van der Waals surface area contributed by atoms with Crippen LogP contribution < -0.4 is 14.8 Å². The summed E-state index contributed by atoms with van der Waals surface area (Å²) >= 11 is 0. The van der Waals surface area contributed by atoms with Crippen molar-refractivity contribution in [3.63, 3.8) is 0 Å². The smallest absolute Gasteiger partial charge is 0.315 e. The van der Waals surface area contributed by atoms with Crippen molar-refractivity contribution in [2.24, 2.45) is 9.98 Å². The van der Waals surface area contributed by atoms with Gasteiger partial charge in [0.2, 0.25) is 5.60 Å². The Morgan fingerprint density at radius 3 is 1.59 bits per heavy atom. The quantitative estimate of drug-likeness (QED) is 0.112. The maximum atomic E-state index is 17.1. The molecular weight excluding hydrogens is 712 g/mol. The zero-order chi connectivity index (χ0) is 39.6. The number of ether oxygens (including phenoxy) is 3. The molecule has 284 valence electrons. The van der Waals surface area contributed by atoms with Gasteiger partial charge in [-0.15, -0.1) is 0 Å². The Bertz CT molecular complexity index is 2260. The van der Waals surface area contributed by atoms with Crippen molar-refractivity contribution < 1.29 is 27.4 Å². The normalized spacial score (nSPS) is 17.2. The first-order valence-electron chi connectivity index (χ1n) is 18.2. The highest BCUT2D eigenvalue weighted by atomic mass is 19.3. The number of rotatable bonds is 10. The molecule has 1 aliphatic heterocycles. The highest BCUT2D eigenvalue weighted by Gasteiger charge is 2.67. The van der Waals surface area contributed by atoms with E-state index in [1.54, 1.807) is 14.2 Å². The van der Waals surface area contributed by atoms with E-state index in [9.17, 15) is 0 Å². The number of nitrogens with one attached hydrogen (secondary N) is 1. The number of methoxy groups -OCH3 is 2. The van der Waals surface area contributed by atoms with Crippen LogP contribution in [0.2, 0.25) is 0 Å². The average Bonchev–Trinajstić information content (AvgIpc) is 3.22. The predicted octanol–water partition coefficient (Wildman–Crippen LogP) is 10.6. The molecule has 0 fully saturated rings. The zero-order valence-corrected chi connectivity index (χ0v) is 31.8. The van der Waals surface area contributed by atoms with E-state index in [4.69, 9.17) is 19.2 Å². The van der Waals surface area contributed by atoms with Crippen LogP contribution in [0.1, 0.15) is 54.2 Å². The minimum absolute atomic E-state index is 0.207. The van der Waals surface area contributed by atoms with Crippen LogP contribution in [0.15, 0.2) is 168 Å². The predicted molar refractivity (Wildman–Crippen MR) is 215 cm³/mol. The molecule has 9 heteroatoms. The van der Waals surface area contributed by atoms with Crippen molar-refractivity contribution in [1.82, 2.24) is 5.32 Å². The first-order valence-corrected chi connectivity index (χ1v) is 18.2. The van der Waals surface area contributed by atoms with Gasteiger partial charge in [0.1, 0.15) is 28.4 Å². The summed E-state index contributed by atoms with van der Waals surface area (Å²) < 4.78 is 67.7. The molecule has 0 amide bonds. The number of amidine groups is 1. The van der Waals surface area contributed by atoms with Gasteiger partial charge in [-0.1, -0.05) is 115 Å². The molecule has 0 saturated carbocycles.